The SMILES string of the molecule is CCCCS(=O)(=O)Nc1ccc(F)c(C(=O)c2c[nH]c3ncc(-c4cnn(C)c4)cc23)c1Cl. The first kappa shape index (κ1) is 22.9. The minimum atomic E-state index is -3.69. The molecule has 0 amide bonds. The highest BCUT2D eigenvalue weighted by Gasteiger charge is 2.25. The number of carbonyl (C=O) groups excluding carboxylic acids is 1. The van der Waals surface area contributed by atoms with Gasteiger partial charge in [-0.3, -0.25) is 14.2 Å². The van der Waals surface area contributed by atoms with E-state index in [1.54, 1.807) is 30.2 Å². The van der Waals surface area contributed by atoms with Crippen molar-refractivity contribution >= 4 is 44.1 Å². The second-order valence-electron chi connectivity index (χ2n) is 7.61. The number of H-pyrrole nitrogens is 1. The highest BCUT2D eigenvalue weighted by atomic mass is 35.5. The van der Waals surface area contributed by atoms with Gasteiger partial charge in [0.25, 0.3) is 0 Å². The Morgan fingerprint density at radius 2 is 2.06 bits per heavy atom. The van der Waals surface area contributed by atoms with Crippen LogP contribution in [-0.2, 0) is 17.1 Å². The summed E-state index contributed by atoms with van der Waals surface area (Å²) in [5.41, 5.74) is 1.67. The number of nitrogens with zero attached hydrogens (tertiary/aromatic N) is 3. The minimum absolute atomic E-state index is 0.0495. The van der Waals surface area contributed by atoms with Crippen LogP contribution in [0, 0.1) is 5.82 Å². The molecule has 4 aromatic rings. The molecular formula is C22H21ClFN5O3S. The standard InChI is InChI=1S/C22H21ClFN5O3S/c1-3-4-7-33(31,32)28-18-6-5-17(24)19(20(18)23)21(30)16-11-26-22-15(16)8-13(9-25-22)14-10-27-29(2)12-14/h5-6,8-12,28H,3-4,7H2,1-2H3,(H,25,26). The maximum Gasteiger partial charge on any atom is 0.232 e. The number of ketones is 1. The van der Waals surface area contributed by atoms with Gasteiger partial charge in [-0.1, -0.05) is 24.9 Å². The molecule has 0 fully saturated rings. The minimum Gasteiger partial charge on any atom is -0.345 e. The lowest BCUT2D eigenvalue weighted by molar-refractivity contribution is 0.103. The molecule has 1 aromatic carbocycles. The molecule has 0 atom stereocenters. The van der Waals surface area contributed by atoms with E-state index >= 15 is 0 Å². The van der Waals surface area contributed by atoms with Gasteiger partial charge in [0.1, 0.15) is 11.5 Å². The summed E-state index contributed by atoms with van der Waals surface area (Å²) in [6.45, 7) is 1.87. The van der Waals surface area contributed by atoms with Gasteiger partial charge in [0.15, 0.2) is 5.78 Å². The number of carbonyl (C=O) groups is 1. The van der Waals surface area contributed by atoms with Crippen LogP contribution in [0.1, 0.15) is 35.7 Å². The number of aryl methyl sites for hydroxylation is 1. The molecule has 0 saturated carbocycles. The first-order chi connectivity index (χ1) is 15.7. The van der Waals surface area contributed by atoms with Crippen molar-refractivity contribution in [3.8, 4) is 11.1 Å². The highest BCUT2D eigenvalue weighted by Crippen LogP contribution is 2.33. The van der Waals surface area contributed by atoms with Gasteiger partial charge in [-0.25, -0.2) is 17.8 Å². The molecule has 3 aromatic heterocycles. The van der Waals surface area contributed by atoms with Crippen LogP contribution < -0.4 is 4.72 Å². The molecule has 8 nitrogen and oxygen atoms in total. The zero-order chi connectivity index (χ0) is 23.8. The van der Waals surface area contributed by atoms with Crippen LogP contribution >= 0.6 is 11.6 Å². The molecule has 0 aliphatic carbocycles. The Balaban J connectivity index is 1.75. The van der Waals surface area contributed by atoms with Gasteiger partial charge in [-0.15, -0.1) is 0 Å². The van der Waals surface area contributed by atoms with E-state index in [-0.39, 0.29) is 22.0 Å². The van der Waals surface area contributed by atoms with E-state index in [9.17, 15) is 17.6 Å². The van der Waals surface area contributed by atoms with E-state index in [1.807, 2.05) is 13.1 Å². The molecule has 0 unspecified atom stereocenters. The van der Waals surface area contributed by atoms with Gasteiger partial charge in [-0.2, -0.15) is 5.10 Å². The average molecular weight is 490 g/mol. The predicted molar refractivity (Wildman–Crippen MR) is 125 cm³/mol. The Bertz CT molecular complexity index is 1460. The fourth-order valence-electron chi connectivity index (χ4n) is 3.45. The zero-order valence-electron chi connectivity index (χ0n) is 17.9. The summed E-state index contributed by atoms with van der Waals surface area (Å²) in [5, 5.41) is 4.31. The molecule has 11 heteroatoms. The number of nitrogens with one attached hydrogen (secondary N) is 2. The summed E-state index contributed by atoms with van der Waals surface area (Å²) in [7, 11) is -1.90. The lowest BCUT2D eigenvalue weighted by Gasteiger charge is -2.12. The Kier molecular flexibility index (Phi) is 6.22. The molecular weight excluding hydrogens is 469 g/mol. The Morgan fingerprint density at radius 3 is 2.76 bits per heavy atom. The topological polar surface area (TPSA) is 110 Å². The van der Waals surface area contributed by atoms with Crippen LogP contribution in [0.25, 0.3) is 22.2 Å². The molecule has 3 heterocycles. The van der Waals surface area contributed by atoms with Crippen LogP contribution in [-0.4, -0.2) is 39.7 Å². The van der Waals surface area contributed by atoms with Gasteiger partial charge in [0, 0.05) is 47.7 Å². The van der Waals surface area contributed by atoms with Crippen molar-refractivity contribution in [2.45, 2.75) is 19.8 Å². The summed E-state index contributed by atoms with van der Waals surface area (Å²) in [6.07, 6.45) is 7.70. The fourth-order valence-corrected chi connectivity index (χ4v) is 5.06. The molecule has 0 spiro atoms. The fraction of sp³-hybridized carbons (Fsp3) is 0.227. The van der Waals surface area contributed by atoms with Crippen LogP contribution in [0.2, 0.25) is 5.02 Å². The molecule has 0 bridgehead atoms. The summed E-state index contributed by atoms with van der Waals surface area (Å²) >= 11 is 6.32. The molecule has 0 aliphatic rings. The third-order valence-corrected chi connectivity index (χ3v) is 6.91. The number of benzene rings is 1. The molecule has 0 radical (unpaired) electrons. The monoisotopic (exact) mass is 489 g/mol. The number of fused-ring (bicyclic) bond motifs is 1. The lowest BCUT2D eigenvalue weighted by Crippen LogP contribution is -2.18. The van der Waals surface area contributed by atoms with Crippen LogP contribution in [0.15, 0.2) is 43.0 Å². The second kappa shape index (κ2) is 8.95. The number of sulfonamides is 1. The van der Waals surface area contributed by atoms with Gasteiger partial charge >= 0.3 is 0 Å². The number of aromatic amines is 1. The Labute approximate surface area is 194 Å². The van der Waals surface area contributed by atoms with Crippen molar-refractivity contribution in [1.29, 1.82) is 0 Å². The predicted octanol–water partition coefficient (Wildman–Crippen LogP) is 4.53. The van der Waals surface area contributed by atoms with Crippen molar-refractivity contribution in [2.75, 3.05) is 10.5 Å². The molecule has 0 aliphatic heterocycles. The molecule has 4 rings (SSSR count). The zero-order valence-corrected chi connectivity index (χ0v) is 19.5. The van der Waals surface area contributed by atoms with E-state index in [0.29, 0.717) is 23.9 Å². The van der Waals surface area contributed by atoms with Crippen molar-refractivity contribution in [2.24, 2.45) is 7.05 Å². The molecule has 0 saturated heterocycles. The van der Waals surface area contributed by atoms with Crippen molar-refractivity contribution in [3.05, 3.63) is 65.0 Å². The van der Waals surface area contributed by atoms with E-state index in [4.69, 9.17) is 11.6 Å². The number of halogens is 2. The first-order valence-corrected chi connectivity index (χ1v) is 12.2. The van der Waals surface area contributed by atoms with E-state index in [0.717, 1.165) is 17.2 Å². The summed E-state index contributed by atoms with van der Waals surface area (Å²) in [5.74, 6) is -1.65. The highest BCUT2D eigenvalue weighted by molar-refractivity contribution is 7.92. The third-order valence-electron chi connectivity index (χ3n) is 5.16. The van der Waals surface area contributed by atoms with Crippen LogP contribution in [0.3, 0.4) is 0 Å². The third kappa shape index (κ3) is 4.62. The van der Waals surface area contributed by atoms with Gasteiger partial charge in [0.2, 0.25) is 10.0 Å². The first-order valence-electron chi connectivity index (χ1n) is 10.2. The normalized spacial score (nSPS) is 11.8. The number of hydrogen-bond donors (Lipinski definition) is 2. The van der Waals surface area contributed by atoms with Crippen LogP contribution in [0.5, 0.6) is 0 Å². The Morgan fingerprint density at radius 1 is 1.27 bits per heavy atom. The molecule has 172 valence electrons. The largest absolute Gasteiger partial charge is 0.345 e. The van der Waals surface area contributed by atoms with E-state index in [2.05, 4.69) is 19.8 Å². The number of rotatable bonds is 8. The van der Waals surface area contributed by atoms with E-state index < -0.39 is 27.2 Å². The number of unbranched alkanes of at least 4 members (excludes halogenated alkanes) is 1. The molecule has 2 N–H and O–H groups in total. The average Bonchev–Trinajstić information content (AvgIpc) is 3.40. The maximum atomic E-state index is 14.7. The second-order valence-corrected chi connectivity index (χ2v) is 9.83. The smallest absolute Gasteiger partial charge is 0.232 e. The number of anilines is 1. The lowest BCUT2D eigenvalue weighted by atomic mass is 10.0. The summed E-state index contributed by atoms with van der Waals surface area (Å²) < 4.78 is 43.3. The molecule has 33 heavy (non-hydrogen) atoms. The summed E-state index contributed by atoms with van der Waals surface area (Å²) in [4.78, 5) is 20.6. The van der Waals surface area contributed by atoms with Crippen molar-refractivity contribution in [3.63, 3.8) is 0 Å². The summed E-state index contributed by atoms with van der Waals surface area (Å²) in [6, 6.07) is 3.98. The van der Waals surface area contributed by atoms with Crippen LogP contribution in [0.4, 0.5) is 10.1 Å². The van der Waals surface area contributed by atoms with Crippen molar-refractivity contribution in [1.82, 2.24) is 19.7 Å². The number of aromatic nitrogens is 4. The van der Waals surface area contributed by atoms with E-state index in [1.165, 1.54) is 12.3 Å². The Hall–Kier alpha value is -3.24. The van der Waals surface area contributed by atoms with Gasteiger partial charge in [-0.05, 0) is 24.6 Å². The van der Waals surface area contributed by atoms with Gasteiger partial charge in [0.05, 0.1) is 28.2 Å². The maximum absolute atomic E-state index is 14.7. The van der Waals surface area contributed by atoms with Gasteiger partial charge < -0.3 is 4.98 Å². The number of pyridine rings is 1. The van der Waals surface area contributed by atoms with Crippen molar-refractivity contribution < 1.29 is 17.6 Å². The number of hydrogen-bond acceptors (Lipinski definition) is 5. The quantitative estimate of drug-likeness (QED) is 0.353.